The predicted octanol–water partition coefficient (Wildman–Crippen LogP) is 3.68. The molecule has 20 heavy (non-hydrogen) atoms. The number of aliphatic hydroxyl groups excluding tert-OH is 1. The molecule has 1 saturated carbocycles. The maximum atomic E-state index is 11.0. The van der Waals surface area contributed by atoms with Crippen molar-refractivity contribution < 1.29 is 9.84 Å². The number of aliphatic hydroxyl groups is 1. The van der Waals surface area contributed by atoms with Crippen LogP contribution in [-0.4, -0.2) is 24.4 Å². The molecule has 1 aromatic rings. The van der Waals surface area contributed by atoms with Gasteiger partial charge in [0.1, 0.15) is 0 Å². The molecule has 0 spiro atoms. The molecule has 2 nitrogen and oxygen atoms in total. The molecule has 110 valence electrons. The Morgan fingerprint density at radius 3 is 2.40 bits per heavy atom. The minimum absolute atomic E-state index is 0.0135. The average molecular weight is 274 g/mol. The molecule has 1 aliphatic heterocycles. The molecular formula is C18H26O2. The zero-order valence-electron chi connectivity index (χ0n) is 12.3. The van der Waals surface area contributed by atoms with E-state index in [1.54, 1.807) is 0 Å². The Kier molecular flexibility index (Phi) is 4.42. The number of benzene rings is 1. The first kappa shape index (κ1) is 14.1. The normalized spacial score (nSPS) is 24.6. The zero-order chi connectivity index (χ0) is 13.8. The van der Waals surface area contributed by atoms with Crippen LogP contribution in [0.25, 0.3) is 0 Å². The van der Waals surface area contributed by atoms with E-state index < -0.39 is 0 Å². The molecule has 2 aliphatic rings. The van der Waals surface area contributed by atoms with Crippen LogP contribution in [0.3, 0.4) is 0 Å². The molecule has 1 heterocycles. The first-order chi connectivity index (χ1) is 9.81. The van der Waals surface area contributed by atoms with Crippen LogP contribution in [0.15, 0.2) is 30.3 Å². The highest BCUT2D eigenvalue weighted by Crippen LogP contribution is 2.45. The van der Waals surface area contributed by atoms with Crippen LogP contribution in [0.5, 0.6) is 0 Å². The number of ether oxygens (including phenoxy) is 1. The third-order valence-electron chi connectivity index (χ3n) is 5.38. The van der Waals surface area contributed by atoms with Crippen LogP contribution in [0.1, 0.15) is 50.5 Å². The van der Waals surface area contributed by atoms with Gasteiger partial charge in [0.25, 0.3) is 0 Å². The van der Waals surface area contributed by atoms with E-state index in [2.05, 4.69) is 30.3 Å². The molecule has 1 atom stereocenters. The van der Waals surface area contributed by atoms with E-state index in [1.807, 2.05) is 0 Å². The van der Waals surface area contributed by atoms with E-state index in [1.165, 1.54) is 18.4 Å². The van der Waals surface area contributed by atoms with E-state index in [4.69, 9.17) is 4.74 Å². The molecule has 0 aromatic heterocycles. The number of hydrogen-bond donors (Lipinski definition) is 1. The lowest BCUT2D eigenvalue weighted by Gasteiger charge is -2.37. The SMILES string of the molecule is OC(CC1CCOCC1)C1(c2ccccc2)CCCC1. The largest absolute Gasteiger partial charge is 0.392 e. The van der Waals surface area contributed by atoms with Crippen LogP contribution in [0.2, 0.25) is 0 Å². The fourth-order valence-electron chi connectivity index (χ4n) is 4.11. The van der Waals surface area contributed by atoms with Gasteiger partial charge in [0.15, 0.2) is 0 Å². The van der Waals surface area contributed by atoms with Gasteiger partial charge in [0.05, 0.1) is 6.10 Å². The Balaban J connectivity index is 1.76. The van der Waals surface area contributed by atoms with Crippen molar-refractivity contribution in [3.05, 3.63) is 35.9 Å². The van der Waals surface area contributed by atoms with E-state index in [0.29, 0.717) is 5.92 Å². The van der Waals surface area contributed by atoms with Crippen LogP contribution in [0, 0.1) is 5.92 Å². The van der Waals surface area contributed by atoms with Gasteiger partial charge in [-0.15, -0.1) is 0 Å². The maximum Gasteiger partial charge on any atom is 0.0639 e. The zero-order valence-corrected chi connectivity index (χ0v) is 12.3. The number of hydrogen-bond acceptors (Lipinski definition) is 2. The highest BCUT2D eigenvalue weighted by molar-refractivity contribution is 5.28. The summed E-state index contributed by atoms with van der Waals surface area (Å²) >= 11 is 0. The van der Waals surface area contributed by atoms with E-state index in [9.17, 15) is 5.11 Å². The minimum Gasteiger partial charge on any atom is -0.392 e. The molecule has 1 unspecified atom stereocenters. The third kappa shape index (κ3) is 2.77. The van der Waals surface area contributed by atoms with Crippen LogP contribution >= 0.6 is 0 Å². The summed E-state index contributed by atoms with van der Waals surface area (Å²) in [7, 11) is 0. The minimum atomic E-state index is -0.199. The van der Waals surface area contributed by atoms with Crippen molar-refractivity contribution in [3.8, 4) is 0 Å². The average Bonchev–Trinajstić information content (AvgIpc) is 3.00. The van der Waals surface area contributed by atoms with Gasteiger partial charge < -0.3 is 9.84 Å². The van der Waals surface area contributed by atoms with Gasteiger partial charge in [-0.3, -0.25) is 0 Å². The van der Waals surface area contributed by atoms with Gasteiger partial charge in [0, 0.05) is 18.6 Å². The van der Waals surface area contributed by atoms with Gasteiger partial charge in [-0.1, -0.05) is 43.2 Å². The van der Waals surface area contributed by atoms with Crippen molar-refractivity contribution in [1.82, 2.24) is 0 Å². The second kappa shape index (κ2) is 6.28. The summed E-state index contributed by atoms with van der Waals surface area (Å²) in [5.74, 6) is 0.639. The Hall–Kier alpha value is -0.860. The smallest absolute Gasteiger partial charge is 0.0639 e. The van der Waals surface area contributed by atoms with Crippen molar-refractivity contribution in [2.24, 2.45) is 5.92 Å². The topological polar surface area (TPSA) is 29.5 Å². The maximum absolute atomic E-state index is 11.0. The lowest BCUT2D eigenvalue weighted by molar-refractivity contribution is 0.0179. The number of rotatable bonds is 4. The lowest BCUT2D eigenvalue weighted by Crippen LogP contribution is -2.39. The summed E-state index contributed by atoms with van der Waals surface area (Å²) in [4.78, 5) is 0. The van der Waals surface area contributed by atoms with Gasteiger partial charge in [-0.2, -0.15) is 0 Å². The Morgan fingerprint density at radius 1 is 1.10 bits per heavy atom. The van der Waals surface area contributed by atoms with Crippen molar-refractivity contribution in [1.29, 1.82) is 0 Å². The van der Waals surface area contributed by atoms with Gasteiger partial charge in [-0.05, 0) is 43.6 Å². The lowest BCUT2D eigenvalue weighted by atomic mass is 9.71. The van der Waals surface area contributed by atoms with Gasteiger partial charge in [-0.25, -0.2) is 0 Å². The monoisotopic (exact) mass is 274 g/mol. The molecular weight excluding hydrogens is 248 g/mol. The Morgan fingerprint density at radius 2 is 1.75 bits per heavy atom. The van der Waals surface area contributed by atoms with Crippen LogP contribution in [0.4, 0.5) is 0 Å². The predicted molar refractivity (Wildman–Crippen MR) is 80.8 cm³/mol. The van der Waals surface area contributed by atoms with Crippen molar-refractivity contribution >= 4 is 0 Å². The fraction of sp³-hybridized carbons (Fsp3) is 0.667. The summed E-state index contributed by atoms with van der Waals surface area (Å²) in [6.45, 7) is 1.74. The fourth-order valence-corrected chi connectivity index (χ4v) is 4.11. The summed E-state index contributed by atoms with van der Waals surface area (Å²) in [5.41, 5.74) is 1.36. The summed E-state index contributed by atoms with van der Waals surface area (Å²) in [5, 5.41) is 11.0. The molecule has 2 heteroatoms. The highest BCUT2D eigenvalue weighted by Gasteiger charge is 2.42. The van der Waals surface area contributed by atoms with E-state index in [0.717, 1.165) is 45.3 Å². The van der Waals surface area contributed by atoms with Crippen molar-refractivity contribution in [2.45, 2.75) is 56.5 Å². The molecule has 0 radical (unpaired) electrons. The summed E-state index contributed by atoms with van der Waals surface area (Å²) in [6.07, 6.45) is 7.75. The molecule has 0 bridgehead atoms. The van der Waals surface area contributed by atoms with Crippen LogP contribution < -0.4 is 0 Å². The van der Waals surface area contributed by atoms with Gasteiger partial charge >= 0.3 is 0 Å². The van der Waals surface area contributed by atoms with E-state index in [-0.39, 0.29) is 11.5 Å². The summed E-state index contributed by atoms with van der Waals surface area (Å²) < 4.78 is 5.43. The van der Waals surface area contributed by atoms with Crippen molar-refractivity contribution in [3.63, 3.8) is 0 Å². The first-order valence-corrected chi connectivity index (χ1v) is 8.13. The van der Waals surface area contributed by atoms with Crippen LogP contribution in [-0.2, 0) is 10.2 Å². The van der Waals surface area contributed by atoms with Gasteiger partial charge in [0.2, 0.25) is 0 Å². The quantitative estimate of drug-likeness (QED) is 0.907. The van der Waals surface area contributed by atoms with Crippen molar-refractivity contribution in [2.75, 3.05) is 13.2 Å². The molecule has 1 aromatic carbocycles. The Bertz CT molecular complexity index is 403. The highest BCUT2D eigenvalue weighted by atomic mass is 16.5. The molecule has 1 saturated heterocycles. The molecule has 3 rings (SSSR count). The molecule has 1 N–H and O–H groups in total. The van der Waals surface area contributed by atoms with E-state index >= 15 is 0 Å². The summed E-state index contributed by atoms with van der Waals surface area (Å²) in [6, 6.07) is 10.7. The first-order valence-electron chi connectivity index (χ1n) is 8.13. The standard InChI is InChI=1S/C18H26O2/c19-17(14-15-8-12-20-13-9-15)18(10-4-5-11-18)16-6-2-1-3-7-16/h1-3,6-7,15,17,19H,4-5,8-14H2. The third-order valence-corrected chi connectivity index (χ3v) is 5.38. The molecule has 2 fully saturated rings. The molecule has 0 amide bonds. The second-order valence-corrected chi connectivity index (χ2v) is 6.54. The Labute approximate surface area is 122 Å². The molecule has 1 aliphatic carbocycles. The second-order valence-electron chi connectivity index (χ2n) is 6.54.